The summed E-state index contributed by atoms with van der Waals surface area (Å²) >= 11 is 0. The van der Waals surface area contributed by atoms with E-state index in [4.69, 9.17) is 0 Å². The van der Waals surface area contributed by atoms with Crippen LogP contribution in [-0.2, 0) is 9.59 Å². The predicted octanol–water partition coefficient (Wildman–Crippen LogP) is 3.36. The lowest BCUT2D eigenvalue weighted by Gasteiger charge is -2.23. The molecule has 0 atom stereocenters. The van der Waals surface area contributed by atoms with Crippen molar-refractivity contribution in [3.8, 4) is 0 Å². The SMILES string of the molecule is O=C(Nc1cnc2ccccc2c1)C1=NN(c2ccccc2)C(=O)CC1. The van der Waals surface area contributed by atoms with Gasteiger partial charge >= 0.3 is 0 Å². The Balaban J connectivity index is 1.57. The molecule has 0 aliphatic carbocycles. The van der Waals surface area contributed by atoms with E-state index in [1.165, 1.54) is 5.01 Å². The second-order valence-corrected chi connectivity index (χ2v) is 5.96. The van der Waals surface area contributed by atoms with Crippen LogP contribution >= 0.6 is 0 Å². The molecule has 0 saturated carbocycles. The van der Waals surface area contributed by atoms with Crippen molar-refractivity contribution in [2.45, 2.75) is 12.8 Å². The van der Waals surface area contributed by atoms with Crippen LogP contribution in [-0.4, -0.2) is 22.5 Å². The number of nitrogens with zero attached hydrogens (tertiary/aromatic N) is 3. The molecule has 0 spiro atoms. The second kappa shape index (κ2) is 6.76. The monoisotopic (exact) mass is 344 g/mol. The summed E-state index contributed by atoms with van der Waals surface area (Å²) in [7, 11) is 0. The largest absolute Gasteiger partial charge is 0.319 e. The number of benzene rings is 2. The molecule has 1 N–H and O–H groups in total. The van der Waals surface area contributed by atoms with Crippen molar-refractivity contribution in [2.75, 3.05) is 10.3 Å². The number of hydrazone groups is 1. The number of hydrogen-bond acceptors (Lipinski definition) is 4. The van der Waals surface area contributed by atoms with Gasteiger partial charge < -0.3 is 5.32 Å². The maximum Gasteiger partial charge on any atom is 0.271 e. The fraction of sp³-hybridized carbons (Fsp3) is 0.100. The van der Waals surface area contributed by atoms with Crippen molar-refractivity contribution >= 4 is 39.8 Å². The molecular weight excluding hydrogens is 328 g/mol. The van der Waals surface area contributed by atoms with Gasteiger partial charge in [0.25, 0.3) is 5.91 Å². The van der Waals surface area contributed by atoms with Crippen LogP contribution in [0.4, 0.5) is 11.4 Å². The van der Waals surface area contributed by atoms with Crippen molar-refractivity contribution in [1.82, 2.24) is 4.98 Å². The highest BCUT2D eigenvalue weighted by Crippen LogP contribution is 2.21. The van der Waals surface area contributed by atoms with E-state index in [1.54, 1.807) is 18.3 Å². The zero-order valence-electron chi connectivity index (χ0n) is 13.9. The average molecular weight is 344 g/mol. The Bertz CT molecular complexity index is 1010. The van der Waals surface area contributed by atoms with E-state index in [-0.39, 0.29) is 18.2 Å². The molecule has 0 saturated heterocycles. The van der Waals surface area contributed by atoms with E-state index in [1.807, 2.05) is 48.5 Å². The van der Waals surface area contributed by atoms with E-state index in [9.17, 15) is 9.59 Å². The summed E-state index contributed by atoms with van der Waals surface area (Å²) in [5, 5.41) is 9.31. The van der Waals surface area contributed by atoms with Crippen LogP contribution in [0.15, 0.2) is 72.0 Å². The van der Waals surface area contributed by atoms with Crippen LogP contribution < -0.4 is 10.3 Å². The first-order valence-electron chi connectivity index (χ1n) is 8.32. The number of amides is 2. The van der Waals surface area contributed by atoms with E-state index in [2.05, 4.69) is 15.4 Å². The van der Waals surface area contributed by atoms with Crippen molar-refractivity contribution in [3.05, 3.63) is 66.9 Å². The highest BCUT2D eigenvalue weighted by Gasteiger charge is 2.25. The van der Waals surface area contributed by atoms with Crippen LogP contribution in [0.1, 0.15) is 12.8 Å². The average Bonchev–Trinajstić information content (AvgIpc) is 2.69. The van der Waals surface area contributed by atoms with E-state index in [0.717, 1.165) is 10.9 Å². The molecule has 1 aliphatic rings. The Kier molecular flexibility index (Phi) is 4.15. The van der Waals surface area contributed by atoms with Gasteiger partial charge in [-0.15, -0.1) is 0 Å². The lowest BCUT2D eigenvalue weighted by Crippen LogP contribution is -2.36. The van der Waals surface area contributed by atoms with Gasteiger partial charge in [-0.1, -0.05) is 36.4 Å². The lowest BCUT2D eigenvalue weighted by atomic mass is 10.1. The number of para-hydroxylation sites is 2. The Morgan fingerprint density at radius 2 is 1.77 bits per heavy atom. The zero-order valence-corrected chi connectivity index (χ0v) is 13.9. The Hall–Kier alpha value is -3.54. The molecule has 26 heavy (non-hydrogen) atoms. The molecule has 4 rings (SSSR count). The van der Waals surface area contributed by atoms with Crippen molar-refractivity contribution in [1.29, 1.82) is 0 Å². The summed E-state index contributed by atoms with van der Waals surface area (Å²) in [6, 6.07) is 18.6. The summed E-state index contributed by atoms with van der Waals surface area (Å²) < 4.78 is 0. The molecule has 1 aromatic heterocycles. The maximum atomic E-state index is 12.6. The number of fused-ring (bicyclic) bond motifs is 1. The minimum Gasteiger partial charge on any atom is -0.319 e. The molecule has 2 amide bonds. The summed E-state index contributed by atoms with van der Waals surface area (Å²) in [6.45, 7) is 0. The standard InChI is InChI=1S/C20H16N4O2/c25-19-11-10-18(23-24(19)16-7-2-1-3-8-16)20(26)22-15-12-14-6-4-5-9-17(14)21-13-15/h1-9,12-13H,10-11H2,(H,22,26). The summed E-state index contributed by atoms with van der Waals surface area (Å²) in [6.07, 6.45) is 2.18. The lowest BCUT2D eigenvalue weighted by molar-refractivity contribution is -0.118. The zero-order chi connectivity index (χ0) is 17.9. The van der Waals surface area contributed by atoms with Gasteiger partial charge in [-0.3, -0.25) is 14.6 Å². The summed E-state index contributed by atoms with van der Waals surface area (Å²) in [5.41, 5.74) is 2.43. The van der Waals surface area contributed by atoms with Crippen LogP contribution in [0.5, 0.6) is 0 Å². The van der Waals surface area contributed by atoms with Gasteiger partial charge in [-0.05, 0) is 24.3 Å². The number of pyridine rings is 1. The van der Waals surface area contributed by atoms with Gasteiger partial charge in [0.05, 0.1) is 23.1 Å². The molecule has 2 heterocycles. The van der Waals surface area contributed by atoms with E-state index in [0.29, 0.717) is 23.5 Å². The number of carbonyl (C=O) groups excluding carboxylic acids is 2. The molecule has 6 nitrogen and oxygen atoms in total. The molecule has 128 valence electrons. The first-order valence-corrected chi connectivity index (χ1v) is 8.32. The molecule has 1 aliphatic heterocycles. The molecule has 2 aromatic carbocycles. The van der Waals surface area contributed by atoms with Gasteiger partial charge in [0.15, 0.2) is 0 Å². The van der Waals surface area contributed by atoms with Crippen molar-refractivity contribution in [3.63, 3.8) is 0 Å². The number of aromatic nitrogens is 1. The van der Waals surface area contributed by atoms with Gasteiger partial charge in [-0.2, -0.15) is 5.10 Å². The minimum absolute atomic E-state index is 0.125. The Labute approximate surface area is 150 Å². The van der Waals surface area contributed by atoms with Crippen molar-refractivity contribution in [2.24, 2.45) is 5.10 Å². The molecule has 0 radical (unpaired) electrons. The minimum atomic E-state index is -0.324. The highest BCUT2D eigenvalue weighted by atomic mass is 16.2. The maximum absolute atomic E-state index is 12.6. The van der Waals surface area contributed by atoms with Crippen LogP contribution in [0, 0.1) is 0 Å². The summed E-state index contributed by atoms with van der Waals surface area (Å²) in [5.74, 6) is -0.448. The number of nitrogens with one attached hydrogen (secondary N) is 1. The van der Waals surface area contributed by atoms with Crippen molar-refractivity contribution < 1.29 is 9.59 Å². The first-order chi connectivity index (χ1) is 12.7. The molecule has 6 heteroatoms. The number of rotatable bonds is 3. The predicted molar refractivity (Wildman–Crippen MR) is 101 cm³/mol. The van der Waals surface area contributed by atoms with Crippen LogP contribution in [0.25, 0.3) is 10.9 Å². The van der Waals surface area contributed by atoms with E-state index < -0.39 is 0 Å². The number of hydrogen-bond donors (Lipinski definition) is 1. The third kappa shape index (κ3) is 3.17. The first kappa shape index (κ1) is 16.0. The topological polar surface area (TPSA) is 74.7 Å². The number of carbonyl (C=O) groups is 2. The smallest absolute Gasteiger partial charge is 0.271 e. The highest BCUT2D eigenvalue weighted by molar-refractivity contribution is 6.44. The Morgan fingerprint density at radius 1 is 1.00 bits per heavy atom. The fourth-order valence-corrected chi connectivity index (χ4v) is 2.83. The third-order valence-corrected chi connectivity index (χ3v) is 4.14. The van der Waals surface area contributed by atoms with Gasteiger partial charge in [0, 0.05) is 18.2 Å². The van der Waals surface area contributed by atoms with Crippen LogP contribution in [0.3, 0.4) is 0 Å². The van der Waals surface area contributed by atoms with Gasteiger partial charge in [-0.25, -0.2) is 5.01 Å². The number of anilines is 2. The molecular formula is C20H16N4O2. The molecule has 0 fully saturated rings. The van der Waals surface area contributed by atoms with Crippen LogP contribution in [0.2, 0.25) is 0 Å². The molecule has 3 aromatic rings. The second-order valence-electron chi connectivity index (χ2n) is 5.96. The fourth-order valence-electron chi connectivity index (χ4n) is 2.83. The van der Waals surface area contributed by atoms with Gasteiger partial charge in [0.2, 0.25) is 5.91 Å². The van der Waals surface area contributed by atoms with Gasteiger partial charge in [0.1, 0.15) is 5.71 Å². The summed E-state index contributed by atoms with van der Waals surface area (Å²) in [4.78, 5) is 29.1. The van der Waals surface area contributed by atoms with E-state index >= 15 is 0 Å². The normalized spacial score (nSPS) is 14.2. The molecule has 0 bridgehead atoms. The third-order valence-electron chi connectivity index (χ3n) is 4.14. The Morgan fingerprint density at radius 3 is 2.62 bits per heavy atom. The molecule has 0 unspecified atom stereocenters. The quantitative estimate of drug-likeness (QED) is 0.792.